The van der Waals surface area contributed by atoms with E-state index in [4.69, 9.17) is 0 Å². The van der Waals surface area contributed by atoms with Crippen molar-refractivity contribution in [3.8, 4) is 0 Å². The van der Waals surface area contributed by atoms with Gasteiger partial charge in [0.25, 0.3) is 0 Å². The fraction of sp³-hybridized carbons (Fsp3) is 0.667. The molecule has 1 aromatic carbocycles. The molecule has 0 aliphatic carbocycles. The number of nitrogens with one attached hydrogen (secondary N) is 1. The highest BCUT2D eigenvalue weighted by molar-refractivity contribution is 7.89. The van der Waals surface area contributed by atoms with Gasteiger partial charge >= 0.3 is 0 Å². The quantitative estimate of drug-likeness (QED) is 0.680. The molecule has 0 heterocycles. The molecule has 0 radical (unpaired) electrons. The van der Waals surface area contributed by atoms with Gasteiger partial charge in [-0.05, 0) is 37.8 Å². The monoisotopic (exact) mass is 325 g/mol. The summed E-state index contributed by atoms with van der Waals surface area (Å²) in [5, 5.41) is 0. The van der Waals surface area contributed by atoms with Crippen molar-refractivity contribution in [3.05, 3.63) is 29.8 Å². The molecule has 1 aromatic rings. The lowest BCUT2D eigenvalue weighted by Crippen LogP contribution is -2.35. The summed E-state index contributed by atoms with van der Waals surface area (Å²) < 4.78 is 27.9. The Kier molecular flexibility index (Phi) is 8.12. The Morgan fingerprint density at radius 2 is 1.59 bits per heavy atom. The summed E-state index contributed by atoms with van der Waals surface area (Å²) in [7, 11) is -3.41. The summed E-state index contributed by atoms with van der Waals surface area (Å²) in [6, 6.07) is 7.10. The molecule has 126 valence electrons. The molecule has 22 heavy (non-hydrogen) atoms. The van der Waals surface area contributed by atoms with E-state index in [0.29, 0.717) is 10.8 Å². The lowest BCUT2D eigenvalue weighted by Gasteiger charge is -2.19. The normalized spacial score (nSPS) is 13.5. The highest BCUT2D eigenvalue weighted by atomic mass is 32.2. The van der Waals surface area contributed by atoms with E-state index in [1.807, 2.05) is 19.1 Å². The smallest absolute Gasteiger partial charge is 0.208 e. The van der Waals surface area contributed by atoms with Crippen molar-refractivity contribution in [3.63, 3.8) is 0 Å². The second-order valence-electron chi connectivity index (χ2n) is 6.60. The van der Waals surface area contributed by atoms with Gasteiger partial charge in [-0.25, -0.2) is 13.1 Å². The predicted octanol–water partition coefficient (Wildman–Crippen LogP) is 4.66. The maximum absolute atomic E-state index is 12.5. The molecule has 1 unspecified atom stereocenters. The van der Waals surface area contributed by atoms with E-state index in [2.05, 4.69) is 25.5 Å². The van der Waals surface area contributed by atoms with Gasteiger partial charge in [0.15, 0.2) is 0 Å². The number of hydrogen-bond donors (Lipinski definition) is 1. The molecule has 0 spiro atoms. The van der Waals surface area contributed by atoms with Crippen molar-refractivity contribution in [2.24, 2.45) is 5.92 Å². The van der Waals surface area contributed by atoms with Gasteiger partial charge in [0.2, 0.25) is 10.0 Å². The zero-order valence-corrected chi connectivity index (χ0v) is 15.2. The molecule has 0 amide bonds. The van der Waals surface area contributed by atoms with E-state index in [0.717, 1.165) is 44.1 Å². The van der Waals surface area contributed by atoms with Crippen molar-refractivity contribution >= 4 is 10.0 Å². The number of rotatable bonds is 10. The van der Waals surface area contributed by atoms with Gasteiger partial charge in [-0.1, -0.05) is 64.2 Å². The van der Waals surface area contributed by atoms with E-state index in [1.165, 1.54) is 0 Å². The Labute approximate surface area is 136 Å². The fourth-order valence-electron chi connectivity index (χ4n) is 2.49. The minimum Gasteiger partial charge on any atom is -0.208 e. The van der Waals surface area contributed by atoms with E-state index in [-0.39, 0.29) is 6.04 Å². The number of benzene rings is 1. The Bertz CT molecular complexity index is 521. The van der Waals surface area contributed by atoms with Crippen LogP contribution < -0.4 is 4.72 Å². The first kappa shape index (κ1) is 19.2. The molecule has 0 aliphatic heterocycles. The molecular formula is C18H31NO2S. The molecule has 0 bridgehead atoms. The Morgan fingerprint density at radius 3 is 2.14 bits per heavy atom. The number of hydrogen-bond acceptors (Lipinski definition) is 2. The van der Waals surface area contributed by atoms with Crippen LogP contribution in [0.5, 0.6) is 0 Å². The zero-order valence-electron chi connectivity index (χ0n) is 14.4. The van der Waals surface area contributed by atoms with Gasteiger partial charge in [-0.15, -0.1) is 0 Å². The summed E-state index contributed by atoms with van der Waals surface area (Å²) in [4.78, 5) is 0.364. The molecule has 1 N–H and O–H groups in total. The molecule has 1 atom stereocenters. The van der Waals surface area contributed by atoms with Crippen molar-refractivity contribution in [2.45, 2.75) is 77.2 Å². The molecule has 0 saturated heterocycles. The maximum atomic E-state index is 12.5. The average Bonchev–Trinajstić information content (AvgIpc) is 2.44. The molecular weight excluding hydrogens is 294 g/mol. The van der Waals surface area contributed by atoms with Crippen LogP contribution in [0, 0.1) is 12.8 Å². The maximum Gasteiger partial charge on any atom is 0.240 e. The Hall–Kier alpha value is -0.870. The zero-order chi connectivity index (χ0) is 16.6. The lowest BCUT2D eigenvalue weighted by atomic mass is 10.0. The van der Waals surface area contributed by atoms with Crippen molar-refractivity contribution in [2.75, 3.05) is 0 Å². The number of aryl methyl sites for hydroxylation is 1. The van der Waals surface area contributed by atoms with Crippen LogP contribution in [0.1, 0.15) is 64.9 Å². The third kappa shape index (κ3) is 6.93. The highest BCUT2D eigenvalue weighted by Crippen LogP contribution is 2.16. The SMILES string of the molecule is CCCCC(CCCC(C)C)NS(=O)(=O)c1ccc(C)cc1. The first-order valence-electron chi connectivity index (χ1n) is 8.44. The molecule has 0 aromatic heterocycles. The summed E-state index contributed by atoms with van der Waals surface area (Å²) in [6.07, 6.45) is 6.20. The van der Waals surface area contributed by atoms with Crippen molar-refractivity contribution in [1.29, 1.82) is 0 Å². The average molecular weight is 326 g/mol. The van der Waals surface area contributed by atoms with Crippen molar-refractivity contribution < 1.29 is 8.42 Å². The van der Waals surface area contributed by atoms with Crippen LogP contribution in [0.2, 0.25) is 0 Å². The number of sulfonamides is 1. The second-order valence-corrected chi connectivity index (χ2v) is 8.31. The van der Waals surface area contributed by atoms with E-state index >= 15 is 0 Å². The lowest BCUT2D eigenvalue weighted by molar-refractivity contribution is 0.445. The van der Waals surface area contributed by atoms with E-state index in [9.17, 15) is 8.42 Å². The summed E-state index contributed by atoms with van der Waals surface area (Å²) >= 11 is 0. The molecule has 0 aliphatic rings. The van der Waals surface area contributed by atoms with Crippen LogP contribution in [-0.2, 0) is 10.0 Å². The Balaban J connectivity index is 2.71. The van der Waals surface area contributed by atoms with Gasteiger partial charge in [-0.2, -0.15) is 0 Å². The largest absolute Gasteiger partial charge is 0.240 e. The summed E-state index contributed by atoms with van der Waals surface area (Å²) in [6.45, 7) is 8.51. The molecule has 0 fully saturated rings. The van der Waals surface area contributed by atoms with Gasteiger partial charge in [0.1, 0.15) is 0 Å². The van der Waals surface area contributed by atoms with Crippen LogP contribution in [0.15, 0.2) is 29.2 Å². The summed E-state index contributed by atoms with van der Waals surface area (Å²) in [5.74, 6) is 0.667. The second kappa shape index (κ2) is 9.31. The topological polar surface area (TPSA) is 46.2 Å². The third-order valence-corrected chi connectivity index (χ3v) is 5.43. The Morgan fingerprint density at radius 1 is 1.00 bits per heavy atom. The van der Waals surface area contributed by atoms with Gasteiger partial charge in [-0.3, -0.25) is 0 Å². The fourth-order valence-corrected chi connectivity index (χ4v) is 3.80. The van der Waals surface area contributed by atoms with Gasteiger partial charge in [0, 0.05) is 6.04 Å². The van der Waals surface area contributed by atoms with Crippen LogP contribution in [0.25, 0.3) is 0 Å². The van der Waals surface area contributed by atoms with Crippen LogP contribution in [-0.4, -0.2) is 14.5 Å². The van der Waals surface area contributed by atoms with Crippen LogP contribution >= 0.6 is 0 Å². The minimum absolute atomic E-state index is 0.0463. The molecule has 4 heteroatoms. The van der Waals surface area contributed by atoms with E-state index in [1.54, 1.807) is 12.1 Å². The van der Waals surface area contributed by atoms with E-state index < -0.39 is 10.0 Å². The highest BCUT2D eigenvalue weighted by Gasteiger charge is 2.19. The first-order valence-corrected chi connectivity index (χ1v) is 9.92. The summed E-state index contributed by atoms with van der Waals surface area (Å²) in [5.41, 5.74) is 1.07. The van der Waals surface area contributed by atoms with Crippen LogP contribution in [0.3, 0.4) is 0 Å². The number of unbranched alkanes of at least 4 members (excludes halogenated alkanes) is 1. The van der Waals surface area contributed by atoms with Gasteiger partial charge in [0.05, 0.1) is 4.90 Å². The van der Waals surface area contributed by atoms with Crippen LogP contribution in [0.4, 0.5) is 0 Å². The molecule has 1 rings (SSSR count). The first-order chi connectivity index (χ1) is 10.3. The molecule has 0 saturated carbocycles. The third-order valence-electron chi connectivity index (χ3n) is 3.89. The van der Waals surface area contributed by atoms with Crippen molar-refractivity contribution in [1.82, 2.24) is 4.72 Å². The predicted molar refractivity (Wildman–Crippen MR) is 93.5 cm³/mol. The minimum atomic E-state index is -3.41. The standard InChI is InChI=1S/C18H31NO2S/c1-5-6-9-17(10-7-8-15(2)3)19-22(20,21)18-13-11-16(4)12-14-18/h11-15,17,19H,5-10H2,1-4H3. The van der Waals surface area contributed by atoms with Gasteiger partial charge < -0.3 is 0 Å². The molecule has 3 nitrogen and oxygen atoms in total.